The van der Waals surface area contributed by atoms with Crippen molar-refractivity contribution in [2.45, 2.75) is 103 Å². The molecule has 1 N–H and O–H groups in total. The Morgan fingerprint density at radius 2 is 1.57 bits per heavy atom. The van der Waals surface area contributed by atoms with E-state index in [0.29, 0.717) is 57.2 Å². The number of rotatable bonds is 6. The van der Waals surface area contributed by atoms with Gasteiger partial charge >= 0.3 is 0 Å². The molecule has 1 spiro atoms. The van der Waals surface area contributed by atoms with Crippen LogP contribution in [0.2, 0.25) is 5.02 Å². The Balaban J connectivity index is 0.712. The third-order valence-corrected chi connectivity index (χ3v) is 15.4. The number of carbonyl (C=O) groups is 5. The summed E-state index contributed by atoms with van der Waals surface area (Å²) >= 11 is 6.30. The fourth-order valence-electron chi connectivity index (χ4n) is 12.4. The van der Waals surface area contributed by atoms with Gasteiger partial charge in [-0.25, -0.2) is 4.98 Å². The van der Waals surface area contributed by atoms with Crippen molar-refractivity contribution >= 4 is 46.8 Å². The summed E-state index contributed by atoms with van der Waals surface area (Å²) in [6, 6.07) is 15.8. The molecule has 1 aromatic heterocycles. The van der Waals surface area contributed by atoms with Gasteiger partial charge in [0.25, 0.3) is 17.7 Å². The molecule has 13 nitrogen and oxygen atoms in total. The van der Waals surface area contributed by atoms with E-state index in [1.807, 2.05) is 23.1 Å². The zero-order valence-corrected chi connectivity index (χ0v) is 36.8. The number of nitrogens with one attached hydrogen (secondary N) is 1. The quantitative estimate of drug-likeness (QED) is 0.232. The van der Waals surface area contributed by atoms with Crippen molar-refractivity contribution in [2.75, 3.05) is 31.1 Å². The van der Waals surface area contributed by atoms with Gasteiger partial charge in [0.2, 0.25) is 11.8 Å². The number of hydrogen-bond acceptors (Lipinski definition) is 10. The van der Waals surface area contributed by atoms with Crippen molar-refractivity contribution in [3.8, 4) is 23.7 Å². The third kappa shape index (κ3) is 6.78. The van der Waals surface area contributed by atoms with E-state index in [4.69, 9.17) is 21.3 Å². The number of hydrogen-bond donors (Lipinski definition) is 1. The average molecular weight is 868 g/mol. The highest BCUT2D eigenvalue weighted by Gasteiger charge is 2.67. The van der Waals surface area contributed by atoms with Crippen LogP contribution in [0.4, 0.5) is 5.69 Å². The number of benzene rings is 2. The topological polar surface area (TPSA) is 156 Å². The van der Waals surface area contributed by atoms with Gasteiger partial charge in [0, 0.05) is 78.6 Å². The molecule has 5 fully saturated rings. The zero-order chi connectivity index (χ0) is 44.2. The maximum atomic E-state index is 13.8. The summed E-state index contributed by atoms with van der Waals surface area (Å²) < 4.78 is 6.48. The number of aromatic nitrogens is 1. The Hall–Kier alpha value is -5.76. The number of fused-ring (bicyclic) bond motifs is 2. The summed E-state index contributed by atoms with van der Waals surface area (Å²) in [5, 5.41) is 11.9. The molecule has 5 aliphatic heterocycles. The monoisotopic (exact) mass is 867 g/mol. The predicted molar refractivity (Wildman–Crippen MR) is 233 cm³/mol. The number of ether oxygens (including phenoxy) is 1. The van der Waals surface area contributed by atoms with Crippen LogP contribution in [0.15, 0.2) is 48.5 Å². The molecule has 2 aliphatic carbocycles. The lowest BCUT2D eigenvalue weighted by Crippen LogP contribution is -2.74. The molecule has 2 aromatic carbocycles. The lowest BCUT2D eigenvalue weighted by molar-refractivity contribution is -0.199. The number of likely N-dealkylation sites (tertiary alicyclic amines) is 1. The van der Waals surface area contributed by atoms with Crippen LogP contribution < -0.4 is 15.0 Å². The minimum Gasteiger partial charge on any atom is -0.489 e. The highest BCUT2D eigenvalue weighted by Crippen LogP contribution is 2.59. The van der Waals surface area contributed by atoms with E-state index in [1.165, 1.54) is 0 Å². The third-order valence-electron chi connectivity index (χ3n) is 15.1. The lowest BCUT2D eigenvalue weighted by Gasteiger charge is -2.65. The number of anilines is 1. The Morgan fingerprint density at radius 3 is 2.29 bits per heavy atom. The zero-order valence-electron chi connectivity index (χ0n) is 36.0. The van der Waals surface area contributed by atoms with Crippen molar-refractivity contribution in [1.82, 2.24) is 25.0 Å². The average Bonchev–Trinajstić information content (AvgIpc) is 3.90. The van der Waals surface area contributed by atoms with Gasteiger partial charge < -0.3 is 14.5 Å². The van der Waals surface area contributed by atoms with Gasteiger partial charge in [0.05, 0.1) is 39.5 Å². The van der Waals surface area contributed by atoms with E-state index in [2.05, 4.69) is 60.7 Å². The lowest BCUT2D eigenvalue weighted by atomic mass is 9.49. The van der Waals surface area contributed by atoms with Crippen molar-refractivity contribution in [3.05, 3.63) is 87.2 Å². The van der Waals surface area contributed by atoms with E-state index in [1.54, 1.807) is 30.3 Å². The fourth-order valence-corrected chi connectivity index (χ4v) is 12.6. The van der Waals surface area contributed by atoms with E-state index >= 15 is 0 Å². The molecule has 324 valence electrons. The number of piperidine rings is 1. The smallest absolute Gasteiger partial charge is 0.262 e. The van der Waals surface area contributed by atoms with Crippen molar-refractivity contribution in [3.63, 3.8) is 0 Å². The number of nitrogens with zero attached hydrogens (tertiary/aromatic N) is 6. The molecule has 63 heavy (non-hydrogen) atoms. The molecule has 3 saturated heterocycles. The first kappa shape index (κ1) is 41.3. The van der Waals surface area contributed by atoms with Gasteiger partial charge in [-0.3, -0.25) is 39.1 Å². The van der Waals surface area contributed by atoms with Gasteiger partial charge in [-0.05, 0) is 86.9 Å². The van der Waals surface area contributed by atoms with Crippen LogP contribution in [0.5, 0.6) is 5.75 Å². The number of amides is 5. The fraction of sp³-hybridized carbons (Fsp3) is 0.490. The Kier molecular flexibility index (Phi) is 9.77. The Bertz CT molecular complexity index is 2590. The largest absolute Gasteiger partial charge is 0.489 e. The highest BCUT2D eigenvalue weighted by atomic mass is 35.5. The van der Waals surface area contributed by atoms with Gasteiger partial charge in [-0.1, -0.05) is 45.2 Å². The van der Waals surface area contributed by atoms with Crippen LogP contribution in [0.3, 0.4) is 0 Å². The van der Waals surface area contributed by atoms with Crippen molar-refractivity contribution < 1.29 is 28.7 Å². The number of carbonyl (C=O) groups excluding carboxylic acids is 5. The second-order valence-electron chi connectivity index (χ2n) is 19.9. The first-order valence-electron chi connectivity index (χ1n) is 22.1. The van der Waals surface area contributed by atoms with Crippen LogP contribution >= 0.6 is 11.6 Å². The van der Waals surface area contributed by atoms with Gasteiger partial charge in [-0.2, -0.15) is 5.26 Å². The van der Waals surface area contributed by atoms with Crippen LogP contribution in [0.25, 0.3) is 0 Å². The molecular weight excluding hydrogens is 818 g/mol. The second-order valence-corrected chi connectivity index (χ2v) is 20.4. The van der Waals surface area contributed by atoms with Crippen molar-refractivity contribution in [1.29, 1.82) is 5.26 Å². The Morgan fingerprint density at radius 1 is 0.841 bits per heavy atom. The minimum absolute atomic E-state index is 0.0167. The number of halogens is 1. The maximum Gasteiger partial charge on any atom is 0.262 e. The number of pyridine rings is 1. The Labute approximate surface area is 372 Å². The normalized spacial score (nSPS) is 27.8. The number of nitriles is 1. The molecule has 14 heteroatoms. The first-order chi connectivity index (χ1) is 30.1. The molecule has 5 amide bonds. The summed E-state index contributed by atoms with van der Waals surface area (Å²) in [5.41, 5.74) is 3.49. The summed E-state index contributed by atoms with van der Waals surface area (Å²) in [6.45, 7) is 12.8. The van der Waals surface area contributed by atoms with Gasteiger partial charge in [0.15, 0.2) is 0 Å². The van der Waals surface area contributed by atoms with Crippen LogP contribution in [-0.2, 0) is 16.1 Å². The van der Waals surface area contributed by atoms with E-state index < -0.39 is 29.7 Å². The SMILES string of the molecule is CC1(C)C(Oc2ccc(C#N)c(Cl)c2)C(C)(C)C1N1Cc2nc(C#CC3CCC(N4CC5(CCN(c6ccc7c(c6)C(=O)N(C6CCC(=O)NC6=O)C7=O)C5)C4)CC3)ccc2C1=O. The minimum atomic E-state index is -0.973. The summed E-state index contributed by atoms with van der Waals surface area (Å²) in [6.07, 6.45) is 5.37. The molecule has 2 saturated carbocycles. The van der Waals surface area contributed by atoms with Gasteiger partial charge in [0.1, 0.15) is 29.7 Å². The standard InChI is InChI=1S/C49H50ClN7O6/c1-47(2)45(48(3,4)46(47)63-33-14-8-29(23-51)37(50)22-33)56-24-38-35(42(56)60)15-10-30(52-38)9-5-28-6-11-31(12-7-28)55-26-49(27-55)19-20-54(25-49)32-13-16-34-36(21-32)44(62)57(43(34)61)39-17-18-40(58)53-41(39)59/h8,10,13-16,21-22,28,31,39,45-46H,6-7,11-12,17-20,24-27H2,1-4H3,(H,53,58,59). The molecule has 6 heterocycles. The molecule has 3 aromatic rings. The molecule has 1 atom stereocenters. The van der Waals surface area contributed by atoms with E-state index in [9.17, 15) is 29.2 Å². The highest BCUT2D eigenvalue weighted by molar-refractivity contribution is 6.31. The first-order valence-corrected chi connectivity index (χ1v) is 22.5. The molecule has 7 aliphatic rings. The maximum absolute atomic E-state index is 13.8. The number of imide groups is 2. The van der Waals surface area contributed by atoms with E-state index in [-0.39, 0.29) is 47.1 Å². The summed E-state index contributed by atoms with van der Waals surface area (Å²) in [7, 11) is 0. The summed E-state index contributed by atoms with van der Waals surface area (Å²) in [4.78, 5) is 77.4. The molecule has 10 rings (SSSR count). The van der Waals surface area contributed by atoms with Crippen LogP contribution in [0, 0.1) is 45.3 Å². The van der Waals surface area contributed by atoms with Crippen LogP contribution in [0.1, 0.15) is 121 Å². The van der Waals surface area contributed by atoms with Crippen molar-refractivity contribution in [2.24, 2.45) is 22.2 Å². The molecular formula is C49H50ClN7O6. The van der Waals surface area contributed by atoms with Crippen LogP contribution in [-0.4, -0.2) is 99.6 Å². The second kappa shape index (κ2) is 14.9. The van der Waals surface area contributed by atoms with Gasteiger partial charge in [-0.15, -0.1) is 0 Å². The predicted octanol–water partition coefficient (Wildman–Crippen LogP) is 5.97. The van der Waals surface area contributed by atoms with E-state index in [0.717, 1.165) is 74.6 Å². The molecule has 0 bridgehead atoms. The summed E-state index contributed by atoms with van der Waals surface area (Å²) in [5.74, 6) is 5.80. The molecule has 0 radical (unpaired) electrons. The molecule has 1 unspecified atom stereocenters.